The van der Waals surface area contributed by atoms with Crippen LogP contribution in [0.15, 0.2) is 18.3 Å². The number of anilines is 1. The summed E-state index contributed by atoms with van der Waals surface area (Å²) in [5.74, 6) is 0.619. The summed E-state index contributed by atoms with van der Waals surface area (Å²) in [7, 11) is 0. The molecular weight excluding hydrogens is 274 g/mol. The minimum absolute atomic E-state index is 0.0917. The fourth-order valence-corrected chi connectivity index (χ4v) is 4.04. The van der Waals surface area contributed by atoms with Gasteiger partial charge in [0.2, 0.25) is 0 Å². The zero-order valence-corrected chi connectivity index (χ0v) is 13.1. The van der Waals surface area contributed by atoms with E-state index in [9.17, 15) is 0 Å². The first kappa shape index (κ1) is 14.1. The van der Waals surface area contributed by atoms with E-state index in [1.54, 1.807) is 0 Å². The van der Waals surface area contributed by atoms with E-state index >= 15 is 0 Å². The molecule has 1 aliphatic carbocycles. The molecule has 0 spiro atoms. The van der Waals surface area contributed by atoms with E-state index in [1.807, 2.05) is 6.20 Å². The van der Waals surface area contributed by atoms with Gasteiger partial charge in [0, 0.05) is 17.7 Å². The Morgan fingerprint density at radius 2 is 1.86 bits per heavy atom. The molecule has 2 heterocycles. The van der Waals surface area contributed by atoms with Crippen molar-refractivity contribution in [2.24, 2.45) is 0 Å². The van der Waals surface area contributed by atoms with E-state index in [2.05, 4.69) is 21.9 Å². The molecule has 1 atom stereocenters. The molecule has 22 heavy (non-hydrogen) atoms. The number of hydrogen-bond acceptors (Lipinski definition) is 3. The van der Waals surface area contributed by atoms with Crippen LogP contribution in [0.5, 0.6) is 0 Å². The van der Waals surface area contributed by atoms with Gasteiger partial charge < -0.3 is 10.5 Å². The lowest BCUT2D eigenvalue weighted by Gasteiger charge is -2.25. The van der Waals surface area contributed by atoms with Crippen molar-refractivity contribution in [2.45, 2.75) is 63.5 Å². The second-order valence-electron chi connectivity index (χ2n) is 6.79. The Bertz CT molecular complexity index is 652. The van der Waals surface area contributed by atoms with E-state index in [1.165, 1.54) is 49.6 Å². The molecular formula is C18H25N3O. The summed E-state index contributed by atoms with van der Waals surface area (Å²) in [6.07, 6.45) is 12.0. The van der Waals surface area contributed by atoms with E-state index in [-0.39, 0.29) is 6.23 Å². The summed E-state index contributed by atoms with van der Waals surface area (Å²) in [4.78, 5) is 0. The van der Waals surface area contributed by atoms with Crippen LogP contribution in [0.3, 0.4) is 0 Å². The van der Waals surface area contributed by atoms with Crippen LogP contribution < -0.4 is 5.73 Å². The van der Waals surface area contributed by atoms with Crippen molar-refractivity contribution >= 4 is 16.6 Å². The van der Waals surface area contributed by atoms with Crippen molar-refractivity contribution in [3.63, 3.8) is 0 Å². The normalized spacial score (nSPS) is 23.9. The van der Waals surface area contributed by atoms with Crippen LogP contribution in [0.25, 0.3) is 10.9 Å². The lowest BCUT2D eigenvalue weighted by Crippen LogP contribution is -2.19. The number of aromatic nitrogens is 2. The topological polar surface area (TPSA) is 53.1 Å². The number of ether oxygens (including phenoxy) is 1. The number of rotatable bonds is 2. The number of nitrogen functional groups attached to an aromatic ring is 1. The van der Waals surface area contributed by atoms with Gasteiger partial charge in [-0.15, -0.1) is 0 Å². The lowest BCUT2D eigenvalue weighted by atomic mass is 9.83. The van der Waals surface area contributed by atoms with Crippen LogP contribution in [0.4, 0.5) is 5.69 Å². The quantitative estimate of drug-likeness (QED) is 0.838. The van der Waals surface area contributed by atoms with Gasteiger partial charge >= 0.3 is 0 Å². The third-order valence-electron chi connectivity index (χ3n) is 5.27. The standard InChI is InChI=1S/C18H25N3O/c19-16-10-14-12-20-21(18-8-4-5-9-22-18)17(14)11-15(16)13-6-2-1-3-7-13/h10-13,18H,1-9,19H2. The Morgan fingerprint density at radius 1 is 1.05 bits per heavy atom. The van der Waals surface area contributed by atoms with Crippen molar-refractivity contribution in [3.8, 4) is 0 Å². The Labute approximate surface area is 131 Å². The van der Waals surface area contributed by atoms with Crippen LogP contribution >= 0.6 is 0 Å². The predicted octanol–water partition coefficient (Wildman–Crippen LogP) is 4.37. The third-order valence-corrected chi connectivity index (χ3v) is 5.27. The molecule has 2 N–H and O–H groups in total. The highest BCUT2D eigenvalue weighted by atomic mass is 16.5. The number of nitrogens with two attached hydrogens (primary N) is 1. The maximum absolute atomic E-state index is 6.34. The minimum Gasteiger partial charge on any atom is -0.398 e. The Hall–Kier alpha value is -1.55. The van der Waals surface area contributed by atoms with Crippen LogP contribution in [-0.2, 0) is 4.74 Å². The zero-order chi connectivity index (χ0) is 14.9. The van der Waals surface area contributed by atoms with Crippen LogP contribution in [0.2, 0.25) is 0 Å². The molecule has 2 aromatic rings. The molecule has 0 radical (unpaired) electrons. The van der Waals surface area contributed by atoms with Gasteiger partial charge in [-0.3, -0.25) is 0 Å². The molecule has 4 heteroatoms. The van der Waals surface area contributed by atoms with Gasteiger partial charge in [-0.1, -0.05) is 19.3 Å². The molecule has 4 rings (SSSR count). The largest absolute Gasteiger partial charge is 0.398 e. The van der Waals surface area contributed by atoms with E-state index in [4.69, 9.17) is 10.5 Å². The van der Waals surface area contributed by atoms with Gasteiger partial charge in [-0.25, -0.2) is 4.68 Å². The molecule has 1 aromatic carbocycles. The molecule has 0 bridgehead atoms. The maximum Gasteiger partial charge on any atom is 0.150 e. The molecule has 118 valence electrons. The Kier molecular flexibility index (Phi) is 3.78. The third kappa shape index (κ3) is 2.50. The summed E-state index contributed by atoms with van der Waals surface area (Å²) in [5.41, 5.74) is 9.78. The first-order valence-corrected chi connectivity index (χ1v) is 8.71. The first-order chi connectivity index (χ1) is 10.8. The first-order valence-electron chi connectivity index (χ1n) is 8.71. The average Bonchev–Trinajstić information content (AvgIpc) is 2.98. The van der Waals surface area contributed by atoms with Gasteiger partial charge in [0.25, 0.3) is 0 Å². The van der Waals surface area contributed by atoms with Gasteiger partial charge in [0.05, 0.1) is 11.7 Å². The SMILES string of the molecule is Nc1cc2cnn(C3CCCCO3)c2cc1C1CCCCC1. The summed E-state index contributed by atoms with van der Waals surface area (Å²) in [5, 5.41) is 5.71. The van der Waals surface area contributed by atoms with Gasteiger partial charge in [0.1, 0.15) is 0 Å². The van der Waals surface area contributed by atoms with E-state index in [0.717, 1.165) is 30.5 Å². The Morgan fingerprint density at radius 3 is 2.64 bits per heavy atom. The van der Waals surface area contributed by atoms with Gasteiger partial charge in [-0.05, 0) is 55.7 Å². The second kappa shape index (κ2) is 5.92. The average molecular weight is 299 g/mol. The fourth-order valence-electron chi connectivity index (χ4n) is 4.04. The summed E-state index contributed by atoms with van der Waals surface area (Å²) >= 11 is 0. The van der Waals surface area contributed by atoms with Crippen molar-refractivity contribution in [1.82, 2.24) is 9.78 Å². The summed E-state index contributed by atoms with van der Waals surface area (Å²) in [6.45, 7) is 0.844. The van der Waals surface area contributed by atoms with Gasteiger partial charge in [-0.2, -0.15) is 5.10 Å². The van der Waals surface area contributed by atoms with Crippen molar-refractivity contribution in [2.75, 3.05) is 12.3 Å². The zero-order valence-electron chi connectivity index (χ0n) is 13.1. The number of nitrogens with zero attached hydrogens (tertiary/aromatic N) is 2. The molecule has 1 saturated heterocycles. The molecule has 1 aromatic heterocycles. The summed E-state index contributed by atoms with van der Waals surface area (Å²) < 4.78 is 7.98. The van der Waals surface area contributed by atoms with Crippen LogP contribution in [0.1, 0.15) is 69.1 Å². The lowest BCUT2D eigenvalue weighted by molar-refractivity contribution is -0.0366. The van der Waals surface area contributed by atoms with Crippen molar-refractivity contribution in [3.05, 3.63) is 23.9 Å². The second-order valence-corrected chi connectivity index (χ2v) is 6.79. The molecule has 1 saturated carbocycles. The highest BCUT2D eigenvalue weighted by molar-refractivity contribution is 5.84. The molecule has 2 fully saturated rings. The van der Waals surface area contributed by atoms with Crippen LogP contribution in [-0.4, -0.2) is 16.4 Å². The molecule has 1 aliphatic heterocycles. The highest BCUT2D eigenvalue weighted by Gasteiger charge is 2.22. The maximum atomic E-state index is 6.34. The molecule has 4 nitrogen and oxygen atoms in total. The number of fused-ring (bicyclic) bond motifs is 1. The monoisotopic (exact) mass is 299 g/mol. The van der Waals surface area contributed by atoms with E-state index < -0.39 is 0 Å². The van der Waals surface area contributed by atoms with E-state index in [0.29, 0.717) is 5.92 Å². The molecule has 0 amide bonds. The summed E-state index contributed by atoms with van der Waals surface area (Å²) in [6, 6.07) is 4.39. The fraction of sp³-hybridized carbons (Fsp3) is 0.611. The number of benzene rings is 1. The van der Waals surface area contributed by atoms with Crippen molar-refractivity contribution in [1.29, 1.82) is 0 Å². The number of hydrogen-bond donors (Lipinski definition) is 1. The minimum atomic E-state index is 0.0917. The van der Waals surface area contributed by atoms with Crippen molar-refractivity contribution < 1.29 is 4.74 Å². The Balaban J connectivity index is 1.73. The molecule has 1 unspecified atom stereocenters. The smallest absolute Gasteiger partial charge is 0.150 e. The van der Waals surface area contributed by atoms with Gasteiger partial charge in [0.15, 0.2) is 6.23 Å². The van der Waals surface area contributed by atoms with Crippen LogP contribution in [0, 0.1) is 0 Å². The molecule has 2 aliphatic rings. The predicted molar refractivity (Wildman–Crippen MR) is 88.8 cm³/mol. The highest BCUT2D eigenvalue weighted by Crippen LogP contribution is 2.38.